The fourth-order valence-electron chi connectivity index (χ4n) is 2.33. The maximum Gasteiger partial charge on any atom is 0.265 e. The Morgan fingerprint density at radius 2 is 1.95 bits per heavy atom. The van der Waals surface area contributed by atoms with Crippen molar-refractivity contribution in [2.24, 2.45) is 5.84 Å². The van der Waals surface area contributed by atoms with Crippen molar-refractivity contribution in [2.45, 2.75) is 33.6 Å². The van der Waals surface area contributed by atoms with Crippen LogP contribution in [0, 0.1) is 13.8 Å². The van der Waals surface area contributed by atoms with E-state index in [2.05, 4.69) is 24.3 Å². The smallest absolute Gasteiger partial charge is 0.265 e. The number of amides is 1. The summed E-state index contributed by atoms with van der Waals surface area (Å²) >= 11 is 0. The van der Waals surface area contributed by atoms with Gasteiger partial charge in [0.1, 0.15) is 0 Å². The summed E-state index contributed by atoms with van der Waals surface area (Å²) in [7, 11) is 0. The van der Waals surface area contributed by atoms with Crippen LogP contribution in [0.5, 0.6) is 0 Å². The molecule has 4 nitrogen and oxygen atoms in total. The summed E-state index contributed by atoms with van der Waals surface area (Å²) in [4.78, 5) is 16.6. The van der Waals surface area contributed by atoms with Gasteiger partial charge in [0.25, 0.3) is 5.91 Å². The van der Waals surface area contributed by atoms with E-state index in [9.17, 15) is 4.79 Å². The number of nitrogens with zero attached hydrogens (tertiary/aromatic N) is 1. The van der Waals surface area contributed by atoms with Crippen molar-refractivity contribution in [1.82, 2.24) is 10.4 Å². The fraction of sp³-hybridized carbons (Fsp3) is 0.333. The van der Waals surface area contributed by atoms with Crippen molar-refractivity contribution in [1.29, 1.82) is 0 Å². The predicted octanol–water partition coefficient (Wildman–Crippen LogP) is 2.58. The first-order valence-corrected chi connectivity index (χ1v) is 6.37. The van der Waals surface area contributed by atoms with Crippen molar-refractivity contribution < 1.29 is 4.79 Å². The number of aromatic nitrogens is 1. The minimum atomic E-state index is -0.277. The van der Waals surface area contributed by atoms with Gasteiger partial charge in [-0.05, 0) is 43.0 Å². The summed E-state index contributed by atoms with van der Waals surface area (Å²) in [6.07, 6.45) is 0. The molecular weight excluding hydrogens is 238 g/mol. The van der Waals surface area contributed by atoms with E-state index in [0.29, 0.717) is 5.56 Å². The molecule has 0 unspecified atom stereocenters. The van der Waals surface area contributed by atoms with Crippen LogP contribution in [0.25, 0.3) is 10.9 Å². The Kier molecular flexibility index (Phi) is 3.53. The minimum absolute atomic E-state index is 0.259. The second-order valence-electron chi connectivity index (χ2n) is 5.20. The number of carbonyl (C=O) groups is 1. The molecule has 0 aliphatic rings. The second kappa shape index (κ2) is 4.97. The molecule has 4 heteroatoms. The van der Waals surface area contributed by atoms with E-state index >= 15 is 0 Å². The highest BCUT2D eigenvalue weighted by Crippen LogP contribution is 2.26. The quantitative estimate of drug-likeness (QED) is 0.493. The number of benzene rings is 1. The van der Waals surface area contributed by atoms with Crippen molar-refractivity contribution in [3.8, 4) is 0 Å². The average molecular weight is 257 g/mol. The summed E-state index contributed by atoms with van der Waals surface area (Å²) in [5.41, 5.74) is 6.73. The number of nitrogen functional groups attached to an aromatic ring is 1. The molecule has 0 atom stereocenters. The van der Waals surface area contributed by atoms with Crippen molar-refractivity contribution in [3.63, 3.8) is 0 Å². The Labute approximate surface area is 113 Å². The molecule has 2 aromatic rings. The molecule has 1 heterocycles. The Morgan fingerprint density at radius 3 is 2.53 bits per heavy atom. The van der Waals surface area contributed by atoms with Gasteiger partial charge >= 0.3 is 0 Å². The van der Waals surface area contributed by atoms with E-state index < -0.39 is 0 Å². The lowest BCUT2D eigenvalue weighted by molar-refractivity contribution is 0.0955. The van der Waals surface area contributed by atoms with E-state index in [1.54, 1.807) is 0 Å². The highest BCUT2D eigenvalue weighted by atomic mass is 16.2. The monoisotopic (exact) mass is 257 g/mol. The summed E-state index contributed by atoms with van der Waals surface area (Å²) in [5.74, 6) is 5.26. The molecule has 0 spiro atoms. The van der Waals surface area contributed by atoms with Gasteiger partial charge in [0.05, 0.1) is 11.1 Å². The number of hydrogen-bond donors (Lipinski definition) is 2. The number of nitrogens with one attached hydrogen (secondary N) is 1. The van der Waals surface area contributed by atoms with Crippen LogP contribution in [-0.4, -0.2) is 10.9 Å². The van der Waals surface area contributed by atoms with Gasteiger partial charge in [-0.15, -0.1) is 0 Å². The fourth-order valence-corrected chi connectivity index (χ4v) is 2.33. The SMILES string of the molecule is Cc1cc(C)c2c(C(=O)NN)cc(C(C)C)nc2c1. The molecule has 0 radical (unpaired) electrons. The number of carbonyl (C=O) groups excluding carboxylic acids is 1. The van der Waals surface area contributed by atoms with Gasteiger partial charge in [0.15, 0.2) is 0 Å². The third-order valence-electron chi connectivity index (χ3n) is 3.24. The van der Waals surface area contributed by atoms with E-state index in [4.69, 9.17) is 5.84 Å². The molecule has 2 rings (SSSR count). The lowest BCUT2D eigenvalue weighted by atomic mass is 9.98. The molecule has 3 N–H and O–H groups in total. The zero-order valence-electron chi connectivity index (χ0n) is 11.7. The number of aryl methyl sites for hydroxylation is 2. The van der Waals surface area contributed by atoms with Gasteiger partial charge in [-0.25, -0.2) is 5.84 Å². The third kappa shape index (κ3) is 2.44. The topological polar surface area (TPSA) is 68.0 Å². The zero-order valence-corrected chi connectivity index (χ0v) is 11.7. The van der Waals surface area contributed by atoms with Crippen LogP contribution < -0.4 is 11.3 Å². The Morgan fingerprint density at radius 1 is 1.26 bits per heavy atom. The van der Waals surface area contributed by atoms with Crippen LogP contribution >= 0.6 is 0 Å². The minimum Gasteiger partial charge on any atom is -0.290 e. The van der Waals surface area contributed by atoms with Gasteiger partial charge < -0.3 is 0 Å². The molecule has 0 bridgehead atoms. The predicted molar refractivity (Wildman–Crippen MR) is 77.0 cm³/mol. The zero-order chi connectivity index (χ0) is 14.2. The average Bonchev–Trinajstić information content (AvgIpc) is 2.35. The Hall–Kier alpha value is -1.94. The second-order valence-corrected chi connectivity index (χ2v) is 5.20. The molecule has 0 aliphatic carbocycles. The molecule has 19 heavy (non-hydrogen) atoms. The van der Waals surface area contributed by atoms with Crippen LogP contribution in [0.2, 0.25) is 0 Å². The first kappa shape index (κ1) is 13.5. The van der Waals surface area contributed by atoms with Crippen LogP contribution in [0.1, 0.15) is 46.9 Å². The lowest BCUT2D eigenvalue weighted by Gasteiger charge is -2.13. The van der Waals surface area contributed by atoms with Gasteiger partial charge in [-0.3, -0.25) is 15.2 Å². The van der Waals surface area contributed by atoms with Crippen LogP contribution in [-0.2, 0) is 0 Å². The van der Waals surface area contributed by atoms with Gasteiger partial charge in [0, 0.05) is 11.1 Å². The molecule has 1 aromatic carbocycles. The molecule has 1 amide bonds. The van der Waals surface area contributed by atoms with Crippen LogP contribution in [0.3, 0.4) is 0 Å². The largest absolute Gasteiger partial charge is 0.290 e. The lowest BCUT2D eigenvalue weighted by Crippen LogP contribution is -2.30. The molecular formula is C15H19N3O. The number of nitrogens with two attached hydrogens (primary N) is 1. The van der Waals surface area contributed by atoms with Crippen LogP contribution in [0.4, 0.5) is 0 Å². The molecule has 100 valence electrons. The molecule has 0 saturated carbocycles. The van der Waals surface area contributed by atoms with E-state index in [-0.39, 0.29) is 11.8 Å². The van der Waals surface area contributed by atoms with Gasteiger partial charge in [0.2, 0.25) is 0 Å². The Balaban J connectivity index is 2.86. The molecule has 0 fully saturated rings. The Bertz CT molecular complexity index is 647. The van der Waals surface area contributed by atoms with E-state index in [0.717, 1.165) is 27.7 Å². The molecule has 0 saturated heterocycles. The highest BCUT2D eigenvalue weighted by molar-refractivity contribution is 6.07. The highest BCUT2D eigenvalue weighted by Gasteiger charge is 2.15. The molecule has 0 aliphatic heterocycles. The van der Waals surface area contributed by atoms with Crippen molar-refractivity contribution in [3.05, 3.63) is 40.6 Å². The first-order valence-electron chi connectivity index (χ1n) is 6.37. The standard InChI is InChI=1S/C15H19N3O/c1-8(2)12-7-11(15(19)18-16)14-10(4)5-9(3)6-13(14)17-12/h5-8H,16H2,1-4H3,(H,18,19). The van der Waals surface area contributed by atoms with Gasteiger partial charge in [-0.1, -0.05) is 19.9 Å². The summed E-state index contributed by atoms with van der Waals surface area (Å²) in [5, 5.41) is 0.873. The maximum atomic E-state index is 12.0. The number of rotatable bonds is 2. The summed E-state index contributed by atoms with van der Waals surface area (Å²) in [6.45, 7) is 8.13. The van der Waals surface area contributed by atoms with Crippen LogP contribution in [0.15, 0.2) is 18.2 Å². The van der Waals surface area contributed by atoms with Crippen molar-refractivity contribution >= 4 is 16.8 Å². The number of pyridine rings is 1. The van der Waals surface area contributed by atoms with Crippen molar-refractivity contribution in [2.75, 3.05) is 0 Å². The third-order valence-corrected chi connectivity index (χ3v) is 3.24. The maximum absolute atomic E-state index is 12.0. The number of fused-ring (bicyclic) bond motifs is 1. The number of hydrogen-bond acceptors (Lipinski definition) is 3. The van der Waals surface area contributed by atoms with Gasteiger partial charge in [-0.2, -0.15) is 0 Å². The summed E-state index contributed by atoms with van der Waals surface area (Å²) < 4.78 is 0. The number of hydrazine groups is 1. The summed E-state index contributed by atoms with van der Waals surface area (Å²) in [6, 6.07) is 5.88. The normalized spacial score (nSPS) is 11.1. The van der Waals surface area contributed by atoms with E-state index in [1.165, 1.54) is 0 Å². The van der Waals surface area contributed by atoms with E-state index in [1.807, 2.05) is 32.0 Å². The first-order chi connectivity index (χ1) is 8.93. The molecule has 1 aromatic heterocycles.